The van der Waals surface area contributed by atoms with Crippen molar-refractivity contribution < 1.29 is 17.7 Å². The molecule has 0 aliphatic carbocycles. The minimum Gasteiger partial charge on any atom is -0.311 e. The van der Waals surface area contributed by atoms with Gasteiger partial charge in [-0.1, -0.05) is 12.1 Å². The van der Waals surface area contributed by atoms with Gasteiger partial charge in [0.15, 0.2) is 0 Å². The molecule has 1 rings (SSSR count). The van der Waals surface area contributed by atoms with Crippen molar-refractivity contribution in [3.8, 4) is 0 Å². The Morgan fingerprint density at radius 3 is 2.63 bits per heavy atom. The highest BCUT2D eigenvalue weighted by Gasteiger charge is 2.16. The Morgan fingerprint density at radius 1 is 1.37 bits per heavy atom. The fraction of sp³-hybridized carbons (Fsp3) is 0.400. The van der Waals surface area contributed by atoms with E-state index in [0.29, 0.717) is 0 Å². The van der Waals surface area contributed by atoms with Crippen LogP contribution in [-0.4, -0.2) is 32.7 Å². The van der Waals surface area contributed by atoms with Crippen LogP contribution in [-0.2, 0) is 16.6 Å². The van der Waals surface area contributed by atoms with E-state index in [1.807, 2.05) is 0 Å². The molecule has 0 unspecified atom stereocenters. The van der Waals surface area contributed by atoms with Crippen LogP contribution in [0.2, 0.25) is 0 Å². The number of nitrogens with zero attached hydrogens (tertiary/aromatic N) is 1. The van der Waals surface area contributed by atoms with Crippen molar-refractivity contribution in [1.82, 2.24) is 10.0 Å². The van der Waals surface area contributed by atoms with Gasteiger partial charge in [0.25, 0.3) is 0 Å². The van der Waals surface area contributed by atoms with Crippen molar-refractivity contribution in [2.75, 3.05) is 19.3 Å². The zero-order chi connectivity index (χ0) is 14.5. The van der Waals surface area contributed by atoms with Gasteiger partial charge in [0.1, 0.15) is 0 Å². The predicted molar refractivity (Wildman–Crippen MR) is 67.6 cm³/mol. The summed E-state index contributed by atoms with van der Waals surface area (Å²) < 4.78 is 37.4. The van der Waals surface area contributed by atoms with Gasteiger partial charge < -0.3 is 5.32 Å². The molecule has 2 N–H and O–H groups in total. The summed E-state index contributed by atoms with van der Waals surface area (Å²) in [5.74, 6) is -0.879. The molecule has 19 heavy (non-hydrogen) atoms. The molecule has 0 bridgehead atoms. The lowest BCUT2D eigenvalue weighted by Gasteiger charge is -2.06. The first kappa shape index (κ1) is 15.5. The van der Waals surface area contributed by atoms with Crippen LogP contribution < -0.4 is 10.0 Å². The van der Waals surface area contributed by atoms with E-state index < -0.39 is 26.5 Å². The molecular formula is C10H14FN3O4S. The second-order valence-corrected chi connectivity index (χ2v) is 5.68. The number of hydrogen-bond donors (Lipinski definition) is 2. The molecule has 0 amide bonds. The van der Waals surface area contributed by atoms with Crippen molar-refractivity contribution in [2.24, 2.45) is 0 Å². The largest absolute Gasteiger partial charge is 0.311 e. The molecule has 0 heterocycles. The van der Waals surface area contributed by atoms with E-state index in [4.69, 9.17) is 0 Å². The molecule has 0 fully saturated rings. The van der Waals surface area contributed by atoms with Crippen LogP contribution >= 0.6 is 0 Å². The molecule has 0 saturated heterocycles. The Hall–Kier alpha value is -1.58. The van der Waals surface area contributed by atoms with Crippen molar-refractivity contribution >= 4 is 15.7 Å². The van der Waals surface area contributed by atoms with E-state index >= 15 is 0 Å². The highest BCUT2D eigenvalue weighted by atomic mass is 32.2. The smallest absolute Gasteiger partial charge is 0.305 e. The van der Waals surface area contributed by atoms with E-state index in [2.05, 4.69) is 10.0 Å². The molecule has 0 atom stereocenters. The van der Waals surface area contributed by atoms with Gasteiger partial charge in [-0.15, -0.1) is 0 Å². The molecular weight excluding hydrogens is 277 g/mol. The summed E-state index contributed by atoms with van der Waals surface area (Å²) in [5.41, 5.74) is -0.415. The maximum Gasteiger partial charge on any atom is 0.305 e. The third kappa shape index (κ3) is 5.28. The summed E-state index contributed by atoms with van der Waals surface area (Å²) in [6.45, 7) is 0.531. The van der Waals surface area contributed by atoms with Crippen LogP contribution in [0.4, 0.5) is 10.1 Å². The molecule has 0 aliphatic heterocycles. The lowest BCUT2D eigenvalue weighted by Crippen LogP contribution is -2.31. The number of rotatable bonds is 7. The highest BCUT2D eigenvalue weighted by Crippen LogP contribution is 2.19. The molecule has 0 spiro atoms. The Morgan fingerprint density at radius 2 is 2.05 bits per heavy atom. The van der Waals surface area contributed by atoms with Crippen LogP contribution in [0.15, 0.2) is 18.2 Å². The summed E-state index contributed by atoms with van der Waals surface area (Å²) in [7, 11) is -3.25. The first-order valence-electron chi connectivity index (χ1n) is 5.38. The normalized spacial score (nSPS) is 11.5. The molecule has 7 nitrogen and oxygen atoms in total. The van der Waals surface area contributed by atoms with Crippen molar-refractivity contribution in [3.63, 3.8) is 0 Å². The van der Waals surface area contributed by atoms with E-state index in [0.717, 1.165) is 12.3 Å². The van der Waals surface area contributed by atoms with E-state index in [1.165, 1.54) is 12.1 Å². The second-order valence-electron chi connectivity index (χ2n) is 3.85. The molecule has 0 radical (unpaired) electrons. The monoisotopic (exact) mass is 291 g/mol. The van der Waals surface area contributed by atoms with Gasteiger partial charge in [0.2, 0.25) is 15.8 Å². The lowest BCUT2D eigenvalue weighted by molar-refractivity contribution is -0.387. The Labute approximate surface area is 110 Å². The Kier molecular flexibility index (Phi) is 5.33. The second kappa shape index (κ2) is 6.55. The fourth-order valence-corrected chi connectivity index (χ4v) is 1.86. The Bertz CT molecular complexity index is 562. The zero-order valence-electron chi connectivity index (χ0n) is 10.2. The quantitative estimate of drug-likeness (QED) is 0.429. The predicted octanol–water partition coefficient (Wildman–Crippen LogP) is 0.373. The van der Waals surface area contributed by atoms with Crippen LogP contribution in [0.25, 0.3) is 0 Å². The van der Waals surface area contributed by atoms with Crippen molar-refractivity contribution in [3.05, 3.63) is 39.7 Å². The van der Waals surface area contributed by atoms with E-state index in [9.17, 15) is 22.9 Å². The average Bonchev–Trinajstić information content (AvgIpc) is 2.28. The molecule has 9 heteroatoms. The first-order valence-corrected chi connectivity index (χ1v) is 7.27. The minimum atomic E-state index is -3.25. The number of nitrogens with one attached hydrogen (secondary N) is 2. The van der Waals surface area contributed by atoms with Crippen molar-refractivity contribution in [1.29, 1.82) is 0 Å². The summed E-state index contributed by atoms with van der Waals surface area (Å²) in [5, 5.41) is 13.3. The molecule has 0 aliphatic rings. The minimum absolute atomic E-state index is 0.0823. The van der Waals surface area contributed by atoms with Gasteiger partial charge >= 0.3 is 5.69 Å². The number of sulfonamides is 1. The van der Waals surface area contributed by atoms with Crippen molar-refractivity contribution in [2.45, 2.75) is 6.54 Å². The zero-order valence-corrected chi connectivity index (χ0v) is 11.0. The summed E-state index contributed by atoms with van der Waals surface area (Å²) in [4.78, 5) is 9.74. The number of benzene rings is 1. The van der Waals surface area contributed by atoms with Gasteiger partial charge in [-0.05, 0) is 0 Å². The molecule has 0 aromatic heterocycles. The third-order valence-corrected chi connectivity index (χ3v) is 2.96. The van der Waals surface area contributed by atoms with E-state index in [1.54, 1.807) is 0 Å². The van der Waals surface area contributed by atoms with Crippen LogP contribution in [0, 0.1) is 15.9 Å². The number of nitro benzene ring substituents is 1. The molecule has 106 valence electrons. The van der Waals surface area contributed by atoms with Crippen LogP contribution in [0.1, 0.15) is 5.56 Å². The Balaban J connectivity index is 2.50. The molecule has 0 saturated carbocycles. The van der Waals surface area contributed by atoms with Gasteiger partial charge in [-0.3, -0.25) is 10.1 Å². The topological polar surface area (TPSA) is 101 Å². The molecule has 1 aromatic carbocycles. The maximum absolute atomic E-state index is 13.6. The first-order chi connectivity index (χ1) is 8.81. The molecule has 1 aromatic rings. The number of hydrogen-bond acceptors (Lipinski definition) is 5. The SMILES string of the molecule is CS(=O)(=O)NCCNCc1cccc([N+](=O)[O-])c1F. The third-order valence-electron chi connectivity index (χ3n) is 2.24. The van der Waals surface area contributed by atoms with Crippen LogP contribution in [0.5, 0.6) is 0 Å². The average molecular weight is 291 g/mol. The van der Waals surface area contributed by atoms with Crippen LogP contribution in [0.3, 0.4) is 0 Å². The number of nitro groups is 1. The maximum atomic E-state index is 13.6. The summed E-state index contributed by atoms with van der Waals surface area (Å²) >= 11 is 0. The van der Waals surface area contributed by atoms with Gasteiger partial charge in [0, 0.05) is 31.3 Å². The summed E-state index contributed by atoms with van der Waals surface area (Å²) in [6.07, 6.45) is 1.03. The van der Waals surface area contributed by atoms with Gasteiger partial charge in [-0.2, -0.15) is 4.39 Å². The van der Waals surface area contributed by atoms with Gasteiger partial charge in [-0.25, -0.2) is 13.1 Å². The van der Waals surface area contributed by atoms with Gasteiger partial charge in [0.05, 0.1) is 11.2 Å². The van der Waals surface area contributed by atoms with E-state index in [-0.39, 0.29) is 25.2 Å². The fourth-order valence-electron chi connectivity index (χ4n) is 1.39. The summed E-state index contributed by atoms with van der Waals surface area (Å²) in [6, 6.07) is 3.91. The number of halogens is 1. The lowest BCUT2D eigenvalue weighted by atomic mass is 10.2. The highest BCUT2D eigenvalue weighted by molar-refractivity contribution is 7.88. The standard InChI is InChI=1S/C10H14FN3O4S/c1-19(17,18)13-6-5-12-7-8-3-2-4-9(10(8)11)14(15)16/h2-4,12-13H,5-7H2,1H3.